The Bertz CT molecular complexity index is 1860. The molecule has 3 aromatic carbocycles. The number of hydrogen-bond acceptors (Lipinski definition) is 4. The monoisotopic (exact) mass is 546 g/mol. The lowest BCUT2D eigenvalue weighted by Crippen LogP contribution is -2.15. The van der Waals surface area contributed by atoms with E-state index in [9.17, 15) is 18.0 Å². The summed E-state index contributed by atoms with van der Waals surface area (Å²) in [4.78, 5) is 17.3. The predicted molar refractivity (Wildman–Crippen MR) is 142 cm³/mol. The van der Waals surface area contributed by atoms with Crippen LogP contribution in [0.5, 0.6) is 0 Å². The van der Waals surface area contributed by atoms with E-state index in [1.165, 1.54) is 12.3 Å². The van der Waals surface area contributed by atoms with Crippen LogP contribution in [0, 0.1) is 0 Å². The maximum atomic E-state index is 14.0. The molecule has 39 heavy (non-hydrogen) atoms. The number of amides is 1. The fourth-order valence-electron chi connectivity index (χ4n) is 4.29. The van der Waals surface area contributed by atoms with Crippen molar-refractivity contribution in [1.82, 2.24) is 24.4 Å². The van der Waals surface area contributed by atoms with Crippen LogP contribution in [-0.4, -0.2) is 30.3 Å². The average molecular weight is 547 g/mol. The van der Waals surface area contributed by atoms with Gasteiger partial charge in [0.25, 0.3) is 5.91 Å². The van der Waals surface area contributed by atoms with Gasteiger partial charge in [-0.2, -0.15) is 23.4 Å². The minimum atomic E-state index is -4.73. The van der Waals surface area contributed by atoms with E-state index in [-0.39, 0.29) is 17.0 Å². The summed E-state index contributed by atoms with van der Waals surface area (Å²) in [5.74, 6) is -0.696. The van der Waals surface area contributed by atoms with Crippen LogP contribution in [0.25, 0.3) is 27.7 Å². The highest BCUT2D eigenvalue weighted by molar-refractivity contribution is 6.31. The smallest absolute Gasteiger partial charge is 0.318 e. The third-order valence-corrected chi connectivity index (χ3v) is 6.55. The summed E-state index contributed by atoms with van der Waals surface area (Å²) in [7, 11) is 0. The summed E-state index contributed by atoms with van der Waals surface area (Å²) in [6.07, 6.45) is -1.71. The minimum absolute atomic E-state index is 0.104. The second kappa shape index (κ2) is 9.55. The van der Waals surface area contributed by atoms with Gasteiger partial charge >= 0.3 is 6.18 Å². The third-order valence-electron chi connectivity index (χ3n) is 6.18. The quantitative estimate of drug-likeness (QED) is 0.260. The van der Waals surface area contributed by atoms with Gasteiger partial charge in [0, 0.05) is 22.8 Å². The molecule has 194 valence electrons. The molecule has 3 aromatic heterocycles. The van der Waals surface area contributed by atoms with Crippen molar-refractivity contribution in [3.8, 4) is 11.3 Å². The van der Waals surface area contributed by atoms with E-state index in [0.717, 1.165) is 22.4 Å². The highest BCUT2D eigenvalue weighted by atomic mass is 35.5. The summed E-state index contributed by atoms with van der Waals surface area (Å²) in [5.41, 5.74) is 0.462. The van der Waals surface area contributed by atoms with Gasteiger partial charge in [-0.05, 0) is 34.5 Å². The van der Waals surface area contributed by atoms with E-state index in [2.05, 4.69) is 20.5 Å². The Morgan fingerprint density at radius 2 is 1.72 bits per heavy atom. The number of alkyl halides is 3. The first-order valence-corrected chi connectivity index (χ1v) is 12.2. The van der Waals surface area contributed by atoms with Gasteiger partial charge in [-0.15, -0.1) is 0 Å². The zero-order valence-corrected chi connectivity index (χ0v) is 20.8. The Kier molecular flexibility index (Phi) is 6.03. The van der Waals surface area contributed by atoms with E-state index < -0.39 is 17.8 Å². The summed E-state index contributed by atoms with van der Waals surface area (Å²) in [5, 5.41) is 13.2. The Hall–Kier alpha value is -4.70. The molecule has 0 saturated heterocycles. The first-order chi connectivity index (χ1) is 18.7. The number of aromatic nitrogens is 5. The van der Waals surface area contributed by atoms with Crippen molar-refractivity contribution in [2.75, 3.05) is 5.32 Å². The Balaban J connectivity index is 1.31. The van der Waals surface area contributed by atoms with Crippen molar-refractivity contribution >= 4 is 39.6 Å². The highest BCUT2D eigenvalue weighted by Gasteiger charge is 2.35. The number of carbonyl (C=O) groups is 1. The van der Waals surface area contributed by atoms with Crippen molar-refractivity contribution in [1.29, 1.82) is 0 Å². The maximum Gasteiger partial charge on any atom is 0.433 e. The lowest BCUT2D eigenvalue weighted by atomic mass is 10.0. The molecular formula is C28H18ClF3N6O. The largest absolute Gasteiger partial charge is 0.433 e. The molecule has 7 nitrogen and oxygen atoms in total. The number of fused-ring (bicyclic) bond motifs is 2. The van der Waals surface area contributed by atoms with Crippen LogP contribution in [0.4, 0.5) is 18.9 Å². The number of benzene rings is 3. The summed E-state index contributed by atoms with van der Waals surface area (Å²) in [6, 6.07) is 22.3. The molecule has 0 bridgehead atoms. The molecule has 3 heterocycles. The topological polar surface area (TPSA) is 77.1 Å². The molecule has 6 aromatic rings. The molecule has 1 amide bonds. The highest BCUT2D eigenvalue weighted by Crippen LogP contribution is 2.33. The van der Waals surface area contributed by atoms with E-state index in [1.54, 1.807) is 29.1 Å². The van der Waals surface area contributed by atoms with Crippen LogP contribution < -0.4 is 5.32 Å². The van der Waals surface area contributed by atoms with Gasteiger partial charge in [0.1, 0.15) is 0 Å². The molecule has 0 fully saturated rings. The lowest BCUT2D eigenvalue weighted by molar-refractivity contribution is -0.142. The first-order valence-electron chi connectivity index (χ1n) is 11.8. The van der Waals surface area contributed by atoms with Crippen LogP contribution in [0.2, 0.25) is 5.02 Å². The number of halogens is 4. The van der Waals surface area contributed by atoms with Crippen molar-refractivity contribution in [3.63, 3.8) is 0 Å². The van der Waals surface area contributed by atoms with Gasteiger partial charge in [-0.3, -0.25) is 9.48 Å². The zero-order chi connectivity index (χ0) is 27.1. The van der Waals surface area contributed by atoms with Gasteiger partial charge < -0.3 is 5.32 Å². The summed E-state index contributed by atoms with van der Waals surface area (Å²) in [6.45, 7) is 0.375. The van der Waals surface area contributed by atoms with E-state index in [4.69, 9.17) is 11.6 Å². The molecule has 0 aliphatic rings. The Morgan fingerprint density at radius 3 is 2.51 bits per heavy atom. The number of anilines is 1. The Labute approximate surface area is 224 Å². The molecule has 0 unspecified atom stereocenters. The number of nitrogens with one attached hydrogen (secondary N) is 1. The van der Waals surface area contributed by atoms with Crippen molar-refractivity contribution in [2.24, 2.45) is 0 Å². The molecule has 0 saturated carbocycles. The second-order valence-electron chi connectivity index (χ2n) is 8.86. The van der Waals surface area contributed by atoms with Crippen LogP contribution >= 0.6 is 11.6 Å². The minimum Gasteiger partial charge on any atom is -0.318 e. The van der Waals surface area contributed by atoms with Crippen molar-refractivity contribution in [2.45, 2.75) is 12.7 Å². The van der Waals surface area contributed by atoms with Crippen LogP contribution in [0.1, 0.15) is 21.7 Å². The van der Waals surface area contributed by atoms with Gasteiger partial charge in [0.05, 0.1) is 24.1 Å². The van der Waals surface area contributed by atoms with Gasteiger partial charge in [-0.1, -0.05) is 66.2 Å². The molecule has 0 aliphatic carbocycles. The standard InChI is InChI=1S/C28H18ClF3N6O/c29-22-8-4-3-7-20(22)15-37-16-21(14-33-37)34-27(39)24-13-26-35-23(12-25(28(30,31)32)38(26)36-24)19-10-9-17-5-1-2-6-18(17)11-19/h1-14,16H,15H2,(H,34,39). The number of nitrogens with zero attached hydrogens (tertiary/aromatic N) is 5. The summed E-state index contributed by atoms with van der Waals surface area (Å²) >= 11 is 6.20. The van der Waals surface area contributed by atoms with Crippen molar-refractivity contribution in [3.05, 3.63) is 113 Å². The normalized spacial score (nSPS) is 11.8. The maximum absolute atomic E-state index is 14.0. The zero-order valence-electron chi connectivity index (χ0n) is 20.0. The molecule has 1 N–H and O–H groups in total. The van der Waals surface area contributed by atoms with E-state index in [0.29, 0.717) is 27.3 Å². The van der Waals surface area contributed by atoms with Crippen LogP contribution in [0.3, 0.4) is 0 Å². The number of rotatable bonds is 5. The first kappa shape index (κ1) is 24.6. The van der Waals surface area contributed by atoms with Crippen LogP contribution in [0.15, 0.2) is 91.3 Å². The van der Waals surface area contributed by atoms with Crippen molar-refractivity contribution < 1.29 is 18.0 Å². The van der Waals surface area contributed by atoms with Gasteiger partial charge in [0.2, 0.25) is 0 Å². The van der Waals surface area contributed by atoms with Crippen LogP contribution in [-0.2, 0) is 12.7 Å². The molecule has 0 atom stereocenters. The molecule has 0 aliphatic heterocycles. The Morgan fingerprint density at radius 1 is 0.949 bits per heavy atom. The van der Waals surface area contributed by atoms with Gasteiger partial charge in [0.15, 0.2) is 17.0 Å². The van der Waals surface area contributed by atoms with E-state index >= 15 is 0 Å². The second-order valence-corrected chi connectivity index (χ2v) is 9.27. The molecule has 11 heteroatoms. The fourth-order valence-corrected chi connectivity index (χ4v) is 4.49. The number of carbonyl (C=O) groups excluding carboxylic acids is 1. The number of hydrogen-bond donors (Lipinski definition) is 1. The average Bonchev–Trinajstić information content (AvgIpc) is 3.55. The van der Waals surface area contributed by atoms with E-state index in [1.807, 2.05) is 48.5 Å². The molecular weight excluding hydrogens is 529 g/mol. The summed E-state index contributed by atoms with van der Waals surface area (Å²) < 4.78 is 44.3. The fraction of sp³-hybridized carbons (Fsp3) is 0.0714. The van der Waals surface area contributed by atoms with Gasteiger partial charge in [-0.25, -0.2) is 9.50 Å². The lowest BCUT2D eigenvalue weighted by Gasteiger charge is -2.11. The SMILES string of the molecule is O=C(Nc1cnn(Cc2ccccc2Cl)c1)c1cc2nc(-c3ccc4ccccc4c3)cc(C(F)(F)F)n2n1. The predicted octanol–water partition coefficient (Wildman–Crippen LogP) is 6.72. The molecule has 6 rings (SSSR count). The molecule has 0 radical (unpaired) electrons. The third kappa shape index (κ3) is 4.94. The molecule has 0 spiro atoms.